The number of aliphatic hydroxyl groups is 1. The molecule has 1 N–H and O–H groups in total. The number of aliphatic hydroxyl groups excluding tert-OH is 1. The van der Waals surface area contributed by atoms with E-state index in [1.807, 2.05) is 0 Å². The molecule has 0 spiro atoms. The molecule has 1 aliphatic carbocycles. The normalized spacial score (nSPS) is 24.3. The Labute approximate surface area is 104 Å². The van der Waals surface area contributed by atoms with Crippen LogP contribution in [0.1, 0.15) is 35.0 Å². The number of hydrogen-bond acceptors (Lipinski definition) is 5. The maximum absolute atomic E-state index is 12.3. The number of carbonyl (C=O) groups excluding carboxylic acids is 1. The first kappa shape index (κ1) is 11.7. The van der Waals surface area contributed by atoms with Gasteiger partial charge in [-0.3, -0.25) is 4.79 Å². The van der Waals surface area contributed by atoms with E-state index in [-0.39, 0.29) is 18.6 Å². The van der Waals surface area contributed by atoms with E-state index >= 15 is 0 Å². The molecule has 2 aliphatic rings. The van der Waals surface area contributed by atoms with Crippen molar-refractivity contribution < 1.29 is 19.2 Å². The van der Waals surface area contributed by atoms with Crippen LogP contribution in [0.15, 0.2) is 10.6 Å². The van der Waals surface area contributed by atoms with Crippen molar-refractivity contribution in [2.45, 2.75) is 24.8 Å². The maximum Gasteiger partial charge on any atom is 0.276 e. The molecule has 1 saturated carbocycles. The molecule has 18 heavy (non-hydrogen) atoms. The average molecular weight is 252 g/mol. The molecular weight excluding hydrogens is 236 g/mol. The van der Waals surface area contributed by atoms with Crippen LogP contribution >= 0.6 is 0 Å². The molecule has 1 saturated heterocycles. The molecule has 98 valence electrons. The Morgan fingerprint density at radius 2 is 2.39 bits per heavy atom. The first-order valence-corrected chi connectivity index (χ1v) is 6.26. The van der Waals surface area contributed by atoms with Crippen molar-refractivity contribution >= 4 is 5.91 Å². The number of hydrogen-bond donors (Lipinski definition) is 1. The number of carbonyl (C=O) groups is 1. The van der Waals surface area contributed by atoms with Crippen LogP contribution in [-0.2, 0) is 4.74 Å². The summed E-state index contributed by atoms with van der Waals surface area (Å²) in [6.45, 7) is 1.25. The summed E-state index contributed by atoms with van der Waals surface area (Å²) in [6.07, 6.45) is 2.22. The van der Waals surface area contributed by atoms with Crippen molar-refractivity contribution in [1.82, 2.24) is 10.1 Å². The molecule has 0 bridgehead atoms. The largest absolute Gasteiger partial charge is 0.394 e. The third kappa shape index (κ3) is 2.13. The number of nitrogens with zero attached hydrogens (tertiary/aromatic N) is 2. The molecule has 1 aromatic rings. The molecule has 2 heterocycles. The average Bonchev–Trinajstić information content (AvgIpc) is 3.16. The number of amides is 1. The van der Waals surface area contributed by atoms with Crippen LogP contribution < -0.4 is 0 Å². The van der Waals surface area contributed by atoms with Crippen LogP contribution in [0, 0.1) is 0 Å². The van der Waals surface area contributed by atoms with Gasteiger partial charge in [-0.2, -0.15) is 0 Å². The Kier molecular flexibility index (Phi) is 3.05. The van der Waals surface area contributed by atoms with Gasteiger partial charge in [0.15, 0.2) is 5.69 Å². The van der Waals surface area contributed by atoms with Crippen molar-refractivity contribution in [2.75, 3.05) is 26.4 Å². The number of ether oxygens (including phenoxy) is 1. The van der Waals surface area contributed by atoms with E-state index in [4.69, 9.17) is 9.26 Å². The highest BCUT2D eigenvalue weighted by molar-refractivity contribution is 5.92. The van der Waals surface area contributed by atoms with Gasteiger partial charge in [-0.1, -0.05) is 5.16 Å². The quantitative estimate of drug-likeness (QED) is 0.842. The van der Waals surface area contributed by atoms with Crippen LogP contribution in [0.5, 0.6) is 0 Å². The van der Waals surface area contributed by atoms with E-state index < -0.39 is 0 Å². The van der Waals surface area contributed by atoms with Crippen LogP contribution in [-0.4, -0.2) is 53.5 Å². The zero-order valence-electron chi connectivity index (χ0n) is 10.0. The Morgan fingerprint density at radius 1 is 1.56 bits per heavy atom. The van der Waals surface area contributed by atoms with Gasteiger partial charge in [-0.25, -0.2) is 0 Å². The molecule has 3 rings (SSSR count). The minimum Gasteiger partial charge on any atom is -0.394 e. The summed E-state index contributed by atoms with van der Waals surface area (Å²) in [6, 6.07) is 1.44. The maximum atomic E-state index is 12.3. The summed E-state index contributed by atoms with van der Waals surface area (Å²) in [5.74, 6) is 1.05. The Bertz CT molecular complexity index is 441. The van der Waals surface area contributed by atoms with Crippen LogP contribution in [0.2, 0.25) is 0 Å². The highest BCUT2D eigenvalue weighted by atomic mass is 16.5. The van der Waals surface area contributed by atoms with Crippen LogP contribution in [0.25, 0.3) is 0 Å². The second-order valence-electron chi connectivity index (χ2n) is 4.80. The minimum atomic E-state index is -0.285. The highest BCUT2D eigenvalue weighted by Gasteiger charge is 2.32. The molecule has 6 nitrogen and oxygen atoms in total. The summed E-state index contributed by atoms with van der Waals surface area (Å²) in [5, 5.41) is 13.1. The Balaban J connectivity index is 1.74. The minimum absolute atomic E-state index is 0.0981. The second kappa shape index (κ2) is 4.70. The van der Waals surface area contributed by atoms with Crippen molar-refractivity contribution in [3.8, 4) is 0 Å². The summed E-state index contributed by atoms with van der Waals surface area (Å²) < 4.78 is 10.4. The lowest BCUT2D eigenvalue weighted by atomic mass is 10.2. The van der Waals surface area contributed by atoms with Crippen molar-refractivity contribution in [1.29, 1.82) is 0 Å². The van der Waals surface area contributed by atoms with Crippen LogP contribution in [0.3, 0.4) is 0 Å². The molecule has 1 aromatic heterocycles. The summed E-state index contributed by atoms with van der Waals surface area (Å²) >= 11 is 0. The monoisotopic (exact) mass is 252 g/mol. The second-order valence-corrected chi connectivity index (χ2v) is 4.80. The first-order valence-electron chi connectivity index (χ1n) is 6.26. The summed E-state index contributed by atoms with van der Waals surface area (Å²) in [5.41, 5.74) is 0.331. The van der Waals surface area contributed by atoms with Gasteiger partial charge in [0.2, 0.25) is 0 Å². The molecular formula is C12H16N2O4. The topological polar surface area (TPSA) is 75.8 Å². The van der Waals surface area contributed by atoms with Gasteiger partial charge >= 0.3 is 0 Å². The molecule has 1 amide bonds. The Morgan fingerprint density at radius 3 is 3.11 bits per heavy atom. The Hall–Kier alpha value is -1.40. The van der Waals surface area contributed by atoms with Crippen molar-refractivity contribution in [3.05, 3.63) is 17.5 Å². The lowest BCUT2D eigenvalue weighted by Crippen LogP contribution is -2.50. The molecule has 0 radical (unpaired) electrons. The van der Waals surface area contributed by atoms with Gasteiger partial charge in [0.1, 0.15) is 5.76 Å². The highest BCUT2D eigenvalue weighted by Crippen LogP contribution is 2.40. The SMILES string of the molecule is O=C(c1cc(C2CC2)on1)N1CCOCC1CO. The number of rotatable bonds is 3. The van der Waals surface area contributed by atoms with E-state index in [0.717, 1.165) is 18.6 Å². The summed E-state index contributed by atoms with van der Waals surface area (Å²) in [4.78, 5) is 13.9. The van der Waals surface area contributed by atoms with Crippen LogP contribution in [0.4, 0.5) is 0 Å². The molecule has 2 fully saturated rings. The lowest BCUT2D eigenvalue weighted by Gasteiger charge is -2.33. The fraction of sp³-hybridized carbons (Fsp3) is 0.667. The van der Waals surface area contributed by atoms with E-state index in [2.05, 4.69) is 5.16 Å². The van der Waals surface area contributed by atoms with Gasteiger partial charge < -0.3 is 19.3 Å². The van der Waals surface area contributed by atoms with Gasteiger partial charge in [0, 0.05) is 18.5 Å². The van der Waals surface area contributed by atoms with Gasteiger partial charge in [0.25, 0.3) is 5.91 Å². The van der Waals surface area contributed by atoms with Gasteiger partial charge in [-0.05, 0) is 12.8 Å². The molecule has 1 atom stereocenters. The third-order valence-electron chi connectivity index (χ3n) is 3.43. The standard InChI is InChI=1S/C12H16N2O4/c15-6-9-7-17-4-3-14(9)12(16)10-5-11(18-13-10)8-1-2-8/h5,8-9,15H,1-4,6-7H2. The van der Waals surface area contributed by atoms with Crippen molar-refractivity contribution in [3.63, 3.8) is 0 Å². The van der Waals surface area contributed by atoms with E-state index in [0.29, 0.717) is 31.4 Å². The van der Waals surface area contributed by atoms with E-state index in [1.165, 1.54) is 0 Å². The fourth-order valence-corrected chi connectivity index (χ4v) is 2.17. The smallest absolute Gasteiger partial charge is 0.276 e. The zero-order valence-corrected chi connectivity index (χ0v) is 10.0. The van der Waals surface area contributed by atoms with E-state index in [1.54, 1.807) is 11.0 Å². The third-order valence-corrected chi connectivity index (χ3v) is 3.43. The van der Waals surface area contributed by atoms with E-state index in [9.17, 15) is 9.90 Å². The lowest BCUT2D eigenvalue weighted by molar-refractivity contribution is -0.0188. The molecule has 0 aromatic carbocycles. The number of aromatic nitrogens is 1. The predicted octanol–water partition coefficient (Wildman–Crippen LogP) is 0.385. The fourth-order valence-electron chi connectivity index (χ4n) is 2.17. The summed E-state index contributed by atoms with van der Waals surface area (Å²) in [7, 11) is 0. The van der Waals surface area contributed by atoms with Crippen molar-refractivity contribution in [2.24, 2.45) is 0 Å². The predicted molar refractivity (Wildman–Crippen MR) is 61.2 cm³/mol. The molecule has 1 unspecified atom stereocenters. The first-order chi connectivity index (χ1) is 8.79. The van der Waals surface area contributed by atoms with Gasteiger partial charge in [0.05, 0.1) is 25.9 Å². The molecule has 6 heteroatoms. The van der Waals surface area contributed by atoms with Gasteiger partial charge in [-0.15, -0.1) is 0 Å². The molecule has 1 aliphatic heterocycles. The number of morpholine rings is 1. The zero-order chi connectivity index (χ0) is 12.5.